The molecule has 6 heteroatoms. The van der Waals surface area contributed by atoms with Crippen molar-refractivity contribution < 1.29 is 19.1 Å². The van der Waals surface area contributed by atoms with Gasteiger partial charge in [0.2, 0.25) is 0 Å². The van der Waals surface area contributed by atoms with E-state index in [0.29, 0.717) is 30.2 Å². The predicted molar refractivity (Wildman–Crippen MR) is 89.2 cm³/mol. The summed E-state index contributed by atoms with van der Waals surface area (Å²) < 4.78 is 10.7. The van der Waals surface area contributed by atoms with Crippen molar-refractivity contribution in [2.24, 2.45) is 0 Å². The molecule has 1 aliphatic rings. The third-order valence-corrected chi connectivity index (χ3v) is 3.53. The van der Waals surface area contributed by atoms with E-state index in [0.717, 1.165) is 5.56 Å². The van der Waals surface area contributed by atoms with Gasteiger partial charge in [0.05, 0.1) is 5.69 Å². The SMILES string of the molecule is O=C(COc1ccccc1)NCCc1ccc2c(c1)NC(=O)CO2. The van der Waals surface area contributed by atoms with Gasteiger partial charge in [-0.25, -0.2) is 0 Å². The van der Waals surface area contributed by atoms with Crippen LogP contribution in [0.4, 0.5) is 5.69 Å². The Kier molecular flexibility index (Phi) is 4.96. The van der Waals surface area contributed by atoms with Gasteiger partial charge in [-0.15, -0.1) is 0 Å². The molecule has 0 atom stereocenters. The number of fused-ring (bicyclic) bond motifs is 1. The Morgan fingerprint density at radius 2 is 2.04 bits per heavy atom. The zero-order valence-electron chi connectivity index (χ0n) is 13.1. The maximum atomic E-state index is 11.8. The van der Waals surface area contributed by atoms with Gasteiger partial charge < -0.3 is 20.1 Å². The van der Waals surface area contributed by atoms with Crippen molar-refractivity contribution in [1.82, 2.24) is 5.32 Å². The van der Waals surface area contributed by atoms with E-state index >= 15 is 0 Å². The second-order valence-corrected chi connectivity index (χ2v) is 5.37. The Balaban J connectivity index is 1.44. The van der Waals surface area contributed by atoms with Crippen LogP contribution in [0.3, 0.4) is 0 Å². The zero-order chi connectivity index (χ0) is 16.8. The molecule has 0 aromatic heterocycles. The average Bonchev–Trinajstić information content (AvgIpc) is 2.60. The molecule has 0 spiro atoms. The molecule has 0 bridgehead atoms. The van der Waals surface area contributed by atoms with Gasteiger partial charge in [-0.1, -0.05) is 24.3 Å². The fourth-order valence-corrected chi connectivity index (χ4v) is 2.35. The molecule has 0 unspecified atom stereocenters. The van der Waals surface area contributed by atoms with E-state index in [1.165, 1.54) is 0 Å². The summed E-state index contributed by atoms with van der Waals surface area (Å²) in [6, 6.07) is 14.8. The van der Waals surface area contributed by atoms with Crippen molar-refractivity contribution in [3.05, 3.63) is 54.1 Å². The quantitative estimate of drug-likeness (QED) is 0.848. The van der Waals surface area contributed by atoms with Crippen molar-refractivity contribution in [1.29, 1.82) is 0 Å². The number of para-hydroxylation sites is 1. The summed E-state index contributed by atoms with van der Waals surface area (Å²) in [5.74, 6) is 0.996. The first-order chi connectivity index (χ1) is 11.7. The summed E-state index contributed by atoms with van der Waals surface area (Å²) >= 11 is 0. The summed E-state index contributed by atoms with van der Waals surface area (Å²) in [4.78, 5) is 23.1. The lowest BCUT2D eigenvalue weighted by molar-refractivity contribution is -0.123. The molecule has 2 aromatic carbocycles. The van der Waals surface area contributed by atoms with Crippen LogP contribution in [0.25, 0.3) is 0 Å². The first kappa shape index (κ1) is 15.9. The summed E-state index contributed by atoms with van der Waals surface area (Å²) in [5.41, 5.74) is 1.67. The molecule has 24 heavy (non-hydrogen) atoms. The third-order valence-electron chi connectivity index (χ3n) is 3.53. The molecular weight excluding hydrogens is 308 g/mol. The average molecular weight is 326 g/mol. The lowest BCUT2D eigenvalue weighted by atomic mass is 10.1. The van der Waals surface area contributed by atoms with Crippen LogP contribution in [0.5, 0.6) is 11.5 Å². The van der Waals surface area contributed by atoms with Crippen LogP contribution in [0, 0.1) is 0 Å². The number of anilines is 1. The molecule has 0 fully saturated rings. The van der Waals surface area contributed by atoms with Gasteiger partial charge >= 0.3 is 0 Å². The predicted octanol–water partition coefficient (Wildman–Crippen LogP) is 1.76. The molecule has 124 valence electrons. The first-order valence-corrected chi connectivity index (χ1v) is 7.71. The molecule has 1 aliphatic heterocycles. The zero-order valence-corrected chi connectivity index (χ0v) is 13.1. The highest BCUT2D eigenvalue weighted by Gasteiger charge is 2.15. The van der Waals surface area contributed by atoms with Crippen molar-refractivity contribution in [2.75, 3.05) is 25.1 Å². The van der Waals surface area contributed by atoms with Crippen LogP contribution in [0.2, 0.25) is 0 Å². The van der Waals surface area contributed by atoms with Crippen LogP contribution in [0.1, 0.15) is 5.56 Å². The van der Waals surface area contributed by atoms with Crippen LogP contribution in [-0.4, -0.2) is 31.6 Å². The second-order valence-electron chi connectivity index (χ2n) is 5.37. The van der Waals surface area contributed by atoms with Gasteiger partial charge in [0, 0.05) is 6.54 Å². The van der Waals surface area contributed by atoms with E-state index in [1.807, 2.05) is 36.4 Å². The van der Waals surface area contributed by atoms with Crippen LogP contribution < -0.4 is 20.1 Å². The molecule has 6 nitrogen and oxygen atoms in total. The standard InChI is InChI=1S/C18H18N2O4/c21-17(11-23-14-4-2-1-3-5-14)19-9-8-13-6-7-16-15(10-13)20-18(22)12-24-16/h1-7,10H,8-9,11-12H2,(H,19,21)(H,20,22). The molecular formula is C18H18N2O4. The van der Waals surface area contributed by atoms with Crippen molar-refractivity contribution >= 4 is 17.5 Å². The fraction of sp³-hybridized carbons (Fsp3) is 0.222. The Hall–Kier alpha value is -3.02. The summed E-state index contributed by atoms with van der Waals surface area (Å²) in [5, 5.41) is 5.57. The van der Waals surface area contributed by atoms with Gasteiger partial charge in [-0.05, 0) is 36.2 Å². The minimum absolute atomic E-state index is 0.0158. The van der Waals surface area contributed by atoms with Gasteiger partial charge in [0.1, 0.15) is 11.5 Å². The number of hydrogen-bond donors (Lipinski definition) is 2. The summed E-state index contributed by atoms with van der Waals surface area (Å²) in [7, 11) is 0. The van der Waals surface area contributed by atoms with E-state index < -0.39 is 0 Å². The highest BCUT2D eigenvalue weighted by Crippen LogP contribution is 2.28. The van der Waals surface area contributed by atoms with Crippen molar-refractivity contribution in [3.8, 4) is 11.5 Å². The van der Waals surface area contributed by atoms with Gasteiger partial charge in [-0.2, -0.15) is 0 Å². The highest BCUT2D eigenvalue weighted by atomic mass is 16.5. The highest BCUT2D eigenvalue weighted by molar-refractivity contribution is 5.95. The minimum Gasteiger partial charge on any atom is -0.484 e. The number of carbonyl (C=O) groups excluding carboxylic acids is 2. The monoisotopic (exact) mass is 326 g/mol. The van der Waals surface area contributed by atoms with E-state index in [9.17, 15) is 9.59 Å². The Morgan fingerprint density at radius 1 is 1.21 bits per heavy atom. The molecule has 3 rings (SSSR count). The van der Waals surface area contributed by atoms with Crippen molar-refractivity contribution in [2.45, 2.75) is 6.42 Å². The number of nitrogens with one attached hydrogen (secondary N) is 2. The fourth-order valence-electron chi connectivity index (χ4n) is 2.35. The number of hydrogen-bond acceptors (Lipinski definition) is 4. The largest absolute Gasteiger partial charge is 0.484 e. The van der Waals surface area contributed by atoms with Crippen LogP contribution in [-0.2, 0) is 16.0 Å². The van der Waals surface area contributed by atoms with E-state index in [4.69, 9.17) is 9.47 Å². The Bertz CT molecular complexity index is 731. The van der Waals surface area contributed by atoms with Gasteiger partial charge in [0.25, 0.3) is 11.8 Å². The molecule has 2 N–H and O–H groups in total. The number of benzene rings is 2. The lowest BCUT2D eigenvalue weighted by Crippen LogP contribution is -2.30. The normalized spacial score (nSPS) is 12.6. The number of amides is 2. The Morgan fingerprint density at radius 3 is 2.88 bits per heavy atom. The van der Waals surface area contributed by atoms with Gasteiger partial charge in [0.15, 0.2) is 13.2 Å². The van der Waals surface area contributed by atoms with E-state index in [-0.39, 0.29) is 25.0 Å². The number of ether oxygens (including phenoxy) is 2. The molecule has 2 aromatic rings. The maximum Gasteiger partial charge on any atom is 0.262 e. The molecule has 2 amide bonds. The molecule has 0 saturated carbocycles. The smallest absolute Gasteiger partial charge is 0.262 e. The van der Waals surface area contributed by atoms with E-state index in [2.05, 4.69) is 10.6 Å². The summed E-state index contributed by atoms with van der Waals surface area (Å²) in [6.45, 7) is 0.520. The number of carbonyl (C=O) groups is 2. The minimum atomic E-state index is -0.173. The van der Waals surface area contributed by atoms with E-state index in [1.54, 1.807) is 12.1 Å². The Labute approximate surface area is 139 Å². The topological polar surface area (TPSA) is 76.7 Å². The van der Waals surface area contributed by atoms with Crippen molar-refractivity contribution in [3.63, 3.8) is 0 Å². The van der Waals surface area contributed by atoms with Gasteiger partial charge in [-0.3, -0.25) is 9.59 Å². The summed E-state index contributed by atoms with van der Waals surface area (Å²) in [6.07, 6.45) is 0.653. The molecule has 1 heterocycles. The maximum absolute atomic E-state index is 11.8. The second kappa shape index (κ2) is 7.50. The molecule has 0 aliphatic carbocycles. The first-order valence-electron chi connectivity index (χ1n) is 7.71. The lowest BCUT2D eigenvalue weighted by Gasteiger charge is -2.18. The molecule has 0 saturated heterocycles. The van der Waals surface area contributed by atoms with Crippen LogP contribution >= 0.6 is 0 Å². The molecule has 0 radical (unpaired) electrons. The number of rotatable bonds is 6. The van der Waals surface area contributed by atoms with Crippen LogP contribution in [0.15, 0.2) is 48.5 Å². The third kappa shape index (κ3) is 4.25.